The number of aromatic nitrogens is 4. The van der Waals surface area contributed by atoms with Crippen LogP contribution in [-0.4, -0.2) is 69.8 Å². The lowest BCUT2D eigenvalue weighted by molar-refractivity contribution is -0.0175. The van der Waals surface area contributed by atoms with Crippen molar-refractivity contribution in [2.24, 2.45) is 0 Å². The molecule has 1 N–H and O–H groups in total. The number of likely N-dealkylation sites (N-methyl/N-ethyl adjacent to an activating group) is 1. The number of hydrogen-bond donors (Lipinski definition) is 1. The van der Waals surface area contributed by atoms with Gasteiger partial charge in [0.2, 0.25) is 5.82 Å². The van der Waals surface area contributed by atoms with E-state index in [1.807, 2.05) is 20.0 Å². The van der Waals surface area contributed by atoms with Gasteiger partial charge < -0.3 is 15.0 Å². The van der Waals surface area contributed by atoms with E-state index >= 15 is 0 Å². The summed E-state index contributed by atoms with van der Waals surface area (Å²) in [5.74, 6) is 0.389. The highest BCUT2D eigenvalue weighted by molar-refractivity contribution is 5.91. The Balaban J connectivity index is 1.67. The van der Waals surface area contributed by atoms with Crippen molar-refractivity contribution < 1.29 is 9.53 Å². The molecule has 0 spiro atoms. The molecule has 2 aromatic heterocycles. The number of morpholine rings is 1. The number of fused-ring (bicyclic) bond motifs is 1. The number of carbonyl (C=O) groups is 1. The molecule has 1 saturated heterocycles. The largest absolute Gasteiger partial charge is 0.374 e. The molecule has 112 valence electrons. The van der Waals surface area contributed by atoms with Crippen LogP contribution in [-0.2, 0) is 4.74 Å². The van der Waals surface area contributed by atoms with Crippen molar-refractivity contribution in [3.63, 3.8) is 0 Å². The average Bonchev–Trinajstić information content (AvgIpc) is 2.88. The molecule has 2 aromatic rings. The Morgan fingerprint density at radius 2 is 2.38 bits per heavy atom. The number of rotatable bonds is 3. The summed E-state index contributed by atoms with van der Waals surface area (Å²) in [6.45, 7) is 4.74. The maximum atomic E-state index is 12.2. The summed E-state index contributed by atoms with van der Waals surface area (Å²) in [4.78, 5) is 18.6. The van der Waals surface area contributed by atoms with Gasteiger partial charge in [-0.2, -0.15) is 0 Å². The molecule has 1 aliphatic rings. The molecule has 8 nitrogen and oxygen atoms in total. The second-order valence-electron chi connectivity index (χ2n) is 5.23. The molecule has 0 saturated carbocycles. The van der Waals surface area contributed by atoms with Crippen LogP contribution in [0, 0.1) is 6.92 Å². The van der Waals surface area contributed by atoms with Gasteiger partial charge >= 0.3 is 0 Å². The van der Waals surface area contributed by atoms with Crippen LogP contribution in [0.3, 0.4) is 0 Å². The van der Waals surface area contributed by atoms with Crippen molar-refractivity contribution in [1.82, 2.24) is 29.8 Å². The normalized spacial score (nSPS) is 19.8. The average molecular weight is 290 g/mol. The van der Waals surface area contributed by atoms with Gasteiger partial charge in [-0.05, 0) is 20.0 Å². The predicted octanol–water partition coefficient (Wildman–Crippen LogP) is -0.507. The van der Waals surface area contributed by atoms with Gasteiger partial charge in [-0.3, -0.25) is 9.20 Å². The summed E-state index contributed by atoms with van der Waals surface area (Å²) in [5, 5.41) is 10.7. The van der Waals surface area contributed by atoms with E-state index in [0.717, 1.165) is 18.8 Å². The standard InChI is InChI=1S/C13H18N6O2/c1-9-3-4-19-11(16-17-13(19)15-9)12(20)14-7-10-8-18(2)5-6-21-10/h3-4,10H,5-8H2,1-2H3,(H,14,20)/t10-/m0/s1. The van der Waals surface area contributed by atoms with E-state index in [0.29, 0.717) is 18.9 Å². The van der Waals surface area contributed by atoms with Gasteiger partial charge in [-0.15, -0.1) is 10.2 Å². The molecule has 0 bridgehead atoms. The number of ether oxygens (including phenoxy) is 1. The number of amides is 1. The molecule has 0 aliphatic carbocycles. The SMILES string of the molecule is Cc1ccn2c(C(=O)NC[C@H]3CN(C)CCO3)nnc2n1. The minimum Gasteiger partial charge on any atom is -0.374 e. The van der Waals surface area contributed by atoms with Crippen LogP contribution in [0.4, 0.5) is 0 Å². The Morgan fingerprint density at radius 1 is 1.52 bits per heavy atom. The van der Waals surface area contributed by atoms with Crippen molar-refractivity contribution in [1.29, 1.82) is 0 Å². The number of hydrogen-bond acceptors (Lipinski definition) is 6. The Kier molecular flexibility index (Phi) is 3.80. The van der Waals surface area contributed by atoms with Gasteiger partial charge in [-0.1, -0.05) is 0 Å². The van der Waals surface area contributed by atoms with E-state index in [9.17, 15) is 4.79 Å². The minimum absolute atomic E-state index is 0.00672. The minimum atomic E-state index is -0.273. The van der Waals surface area contributed by atoms with Crippen molar-refractivity contribution in [3.05, 3.63) is 23.8 Å². The lowest BCUT2D eigenvalue weighted by atomic mass is 10.3. The first-order valence-electron chi connectivity index (χ1n) is 6.90. The van der Waals surface area contributed by atoms with Crippen molar-refractivity contribution in [2.75, 3.05) is 33.3 Å². The number of carbonyl (C=O) groups excluding carboxylic acids is 1. The molecular weight excluding hydrogens is 272 g/mol. The third-order valence-corrected chi connectivity index (χ3v) is 3.45. The first kappa shape index (κ1) is 13.9. The fraction of sp³-hybridized carbons (Fsp3) is 0.538. The first-order chi connectivity index (χ1) is 10.1. The quantitative estimate of drug-likeness (QED) is 0.820. The number of nitrogens with zero attached hydrogens (tertiary/aromatic N) is 5. The smallest absolute Gasteiger partial charge is 0.289 e. The highest BCUT2D eigenvalue weighted by Gasteiger charge is 2.20. The molecule has 1 aliphatic heterocycles. The summed E-state index contributed by atoms with van der Waals surface area (Å²) < 4.78 is 7.19. The second kappa shape index (κ2) is 5.74. The van der Waals surface area contributed by atoms with Crippen LogP contribution in [0.5, 0.6) is 0 Å². The molecule has 0 aromatic carbocycles. The molecule has 3 heterocycles. The van der Waals surface area contributed by atoms with Crippen molar-refractivity contribution in [3.8, 4) is 0 Å². The topological polar surface area (TPSA) is 84.7 Å². The van der Waals surface area contributed by atoms with E-state index < -0.39 is 0 Å². The maximum Gasteiger partial charge on any atom is 0.289 e. The van der Waals surface area contributed by atoms with Crippen LogP contribution in [0.25, 0.3) is 5.78 Å². The third kappa shape index (κ3) is 3.01. The lowest BCUT2D eigenvalue weighted by Crippen LogP contribution is -2.46. The van der Waals surface area contributed by atoms with Crippen LogP contribution >= 0.6 is 0 Å². The number of nitrogens with one attached hydrogen (secondary N) is 1. The Morgan fingerprint density at radius 3 is 3.19 bits per heavy atom. The van der Waals surface area contributed by atoms with Gasteiger partial charge in [0, 0.05) is 31.5 Å². The van der Waals surface area contributed by atoms with Crippen LogP contribution in [0.2, 0.25) is 0 Å². The second-order valence-corrected chi connectivity index (χ2v) is 5.23. The van der Waals surface area contributed by atoms with Crippen molar-refractivity contribution in [2.45, 2.75) is 13.0 Å². The third-order valence-electron chi connectivity index (χ3n) is 3.45. The highest BCUT2D eigenvalue weighted by Crippen LogP contribution is 2.04. The molecule has 21 heavy (non-hydrogen) atoms. The number of aryl methyl sites for hydroxylation is 1. The molecular formula is C13H18N6O2. The van der Waals surface area contributed by atoms with Gasteiger partial charge in [0.05, 0.1) is 12.7 Å². The zero-order valence-corrected chi connectivity index (χ0v) is 12.1. The predicted molar refractivity (Wildman–Crippen MR) is 75.1 cm³/mol. The van der Waals surface area contributed by atoms with E-state index in [1.165, 1.54) is 0 Å². The Bertz CT molecular complexity index is 655. The summed E-state index contributed by atoms with van der Waals surface area (Å²) in [7, 11) is 2.04. The van der Waals surface area contributed by atoms with Crippen LogP contribution in [0.1, 0.15) is 16.3 Å². The Labute approximate surface area is 122 Å². The molecule has 0 unspecified atom stereocenters. The molecule has 1 amide bonds. The first-order valence-corrected chi connectivity index (χ1v) is 6.90. The van der Waals surface area contributed by atoms with Crippen molar-refractivity contribution >= 4 is 11.7 Å². The van der Waals surface area contributed by atoms with Gasteiger partial charge in [0.25, 0.3) is 11.7 Å². The molecule has 3 rings (SSSR count). The summed E-state index contributed by atoms with van der Waals surface area (Å²) in [5.41, 5.74) is 0.834. The van der Waals surface area contributed by atoms with E-state index in [-0.39, 0.29) is 17.8 Å². The zero-order valence-electron chi connectivity index (χ0n) is 12.1. The fourth-order valence-electron chi connectivity index (χ4n) is 2.30. The van der Waals surface area contributed by atoms with E-state index in [1.54, 1.807) is 10.6 Å². The molecule has 1 atom stereocenters. The Hall–Kier alpha value is -2.06. The van der Waals surface area contributed by atoms with Crippen LogP contribution in [0.15, 0.2) is 12.3 Å². The fourth-order valence-corrected chi connectivity index (χ4v) is 2.30. The lowest BCUT2D eigenvalue weighted by Gasteiger charge is -2.29. The van der Waals surface area contributed by atoms with Gasteiger partial charge in [-0.25, -0.2) is 4.98 Å². The highest BCUT2D eigenvalue weighted by atomic mass is 16.5. The molecule has 8 heteroatoms. The zero-order chi connectivity index (χ0) is 14.8. The summed E-state index contributed by atoms with van der Waals surface area (Å²) in [6, 6.07) is 1.81. The van der Waals surface area contributed by atoms with Gasteiger partial charge in [0.1, 0.15) is 0 Å². The maximum absolute atomic E-state index is 12.2. The molecule has 1 fully saturated rings. The van der Waals surface area contributed by atoms with E-state index in [4.69, 9.17) is 4.74 Å². The summed E-state index contributed by atoms with van der Waals surface area (Å²) >= 11 is 0. The molecule has 0 radical (unpaired) electrons. The van der Waals surface area contributed by atoms with E-state index in [2.05, 4.69) is 25.4 Å². The van der Waals surface area contributed by atoms with Crippen LogP contribution < -0.4 is 5.32 Å². The van der Waals surface area contributed by atoms with Gasteiger partial charge in [0.15, 0.2) is 0 Å². The summed E-state index contributed by atoms with van der Waals surface area (Å²) in [6.07, 6.45) is 1.75. The monoisotopic (exact) mass is 290 g/mol.